The smallest absolute Gasteiger partial charge is 0.0139 e. The van der Waals surface area contributed by atoms with Gasteiger partial charge in [-0.15, -0.1) is 0 Å². The first kappa shape index (κ1) is 12.4. The van der Waals surface area contributed by atoms with E-state index in [0.29, 0.717) is 0 Å². The van der Waals surface area contributed by atoms with Gasteiger partial charge in [0.25, 0.3) is 0 Å². The topological polar surface area (TPSA) is 15.3 Å². The summed E-state index contributed by atoms with van der Waals surface area (Å²) in [4.78, 5) is 2.76. The third-order valence-corrected chi connectivity index (χ3v) is 4.08. The lowest BCUT2D eigenvalue weighted by Gasteiger charge is -2.45. The molecule has 2 heteroatoms. The van der Waals surface area contributed by atoms with E-state index in [0.717, 1.165) is 18.0 Å². The fraction of sp³-hybridized carbons (Fsp3) is 1.00. The maximum Gasteiger partial charge on any atom is 0.0139 e. The summed E-state index contributed by atoms with van der Waals surface area (Å²) in [7, 11) is 0. The maximum absolute atomic E-state index is 3.67. The highest BCUT2D eigenvalue weighted by Crippen LogP contribution is 2.38. The maximum atomic E-state index is 3.67. The van der Waals surface area contributed by atoms with Gasteiger partial charge in [0.2, 0.25) is 0 Å². The van der Waals surface area contributed by atoms with Crippen molar-refractivity contribution in [3.63, 3.8) is 0 Å². The lowest BCUT2D eigenvalue weighted by atomic mass is 9.78. The molecule has 0 aromatic heterocycles. The van der Waals surface area contributed by atoms with Gasteiger partial charge in [-0.2, -0.15) is 0 Å². The fourth-order valence-electron chi connectivity index (χ4n) is 2.83. The minimum Gasteiger partial charge on any atom is -0.312 e. The van der Waals surface area contributed by atoms with Crippen molar-refractivity contribution < 1.29 is 0 Å². The summed E-state index contributed by atoms with van der Waals surface area (Å²) in [5.74, 6) is 0.903. The number of nitrogens with one attached hydrogen (secondary N) is 1. The second kappa shape index (κ2) is 4.66. The first-order valence-electron chi connectivity index (χ1n) is 7.02. The Morgan fingerprint density at radius 1 is 1.12 bits per heavy atom. The van der Waals surface area contributed by atoms with Crippen molar-refractivity contribution in [3.05, 3.63) is 0 Å². The summed E-state index contributed by atoms with van der Waals surface area (Å²) < 4.78 is 0. The standard InChI is InChI=1S/C14H28N2/c1-5-16(12-7-8-12)13-9-6-11(13)10-15-14(2,3)4/h11-13,15H,5-10H2,1-4H3. The van der Waals surface area contributed by atoms with Crippen LogP contribution in [0.25, 0.3) is 0 Å². The Labute approximate surface area is 101 Å². The van der Waals surface area contributed by atoms with Gasteiger partial charge in [-0.05, 0) is 65.5 Å². The van der Waals surface area contributed by atoms with Crippen molar-refractivity contribution in [1.82, 2.24) is 10.2 Å². The van der Waals surface area contributed by atoms with Crippen LogP contribution in [-0.4, -0.2) is 35.6 Å². The van der Waals surface area contributed by atoms with Gasteiger partial charge in [0.15, 0.2) is 0 Å². The summed E-state index contributed by atoms with van der Waals surface area (Å²) >= 11 is 0. The molecule has 1 N–H and O–H groups in total. The zero-order valence-corrected chi connectivity index (χ0v) is 11.4. The van der Waals surface area contributed by atoms with E-state index in [9.17, 15) is 0 Å². The number of hydrogen-bond donors (Lipinski definition) is 1. The quantitative estimate of drug-likeness (QED) is 0.772. The van der Waals surface area contributed by atoms with E-state index in [2.05, 4.69) is 37.9 Å². The van der Waals surface area contributed by atoms with Crippen LogP contribution in [0.3, 0.4) is 0 Å². The molecule has 2 nitrogen and oxygen atoms in total. The summed E-state index contributed by atoms with van der Waals surface area (Å²) in [6.45, 7) is 11.6. The largest absolute Gasteiger partial charge is 0.312 e. The summed E-state index contributed by atoms with van der Waals surface area (Å²) in [5.41, 5.74) is 0.275. The molecule has 2 saturated carbocycles. The second-order valence-corrected chi connectivity index (χ2v) is 6.60. The highest BCUT2D eigenvalue weighted by molar-refractivity contribution is 4.96. The monoisotopic (exact) mass is 224 g/mol. The molecule has 2 aliphatic rings. The molecule has 0 amide bonds. The second-order valence-electron chi connectivity index (χ2n) is 6.60. The number of nitrogens with zero attached hydrogens (tertiary/aromatic N) is 1. The van der Waals surface area contributed by atoms with Crippen molar-refractivity contribution in [2.45, 2.75) is 71.0 Å². The highest BCUT2D eigenvalue weighted by Gasteiger charge is 2.41. The molecule has 0 spiro atoms. The molecule has 2 aliphatic carbocycles. The van der Waals surface area contributed by atoms with Crippen LogP contribution < -0.4 is 5.32 Å². The lowest BCUT2D eigenvalue weighted by molar-refractivity contribution is 0.0559. The first-order chi connectivity index (χ1) is 7.51. The van der Waals surface area contributed by atoms with Gasteiger partial charge in [-0.1, -0.05) is 6.92 Å². The summed E-state index contributed by atoms with van der Waals surface area (Å²) in [6, 6.07) is 1.82. The summed E-state index contributed by atoms with van der Waals surface area (Å²) in [5, 5.41) is 3.67. The van der Waals surface area contributed by atoms with Gasteiger partial charge in [0, 0.05) is 17.6 Å². The zero-order chi connectivity index (χ0) is 11.8. The molecular weight excluding hydrogens is 196 g/mol. The van der Waals surface area contributed by atoms with Crippen LogP contribution in [0.2, 0.25) is 0 Å². The van der Waals surface area contributed by atoms with Gasteiger partial charge in [0.05, 0.1) is 0 Å². The molecule has 2 fully saturated rings. The van der Waals surface area contributed by atoms with Gasteiger partial charge < -0.3 is 5.32 Å². The molecule has 0 radical (unpaired) electrons. The Bertz CT molecular complexity index is 227. The molecule has 0 heterocycles. The SMILES string of the molecule is CCN(C1CC1)C1CCC1CNC(C)(C)C. The van der Waals surface area contributed by atoms with Gasteiger partial charge in [0.1, 0.15) is 0 Å². The molecule has 0 bridgehead atoms. The van der Waals surface area contributed by atoms with Crippen LogP contribution in [0.15, 0.2) is 0 Å². The van der Waals surface area contributed by atoms with Gasteiger partial charge in [-0.25, -0.2) is 0 Å². The van der Waals surface area contributed by atoms with E-state index in [1.807, 2.05) is 0 Å². The fourth-order valence-corrected chi connectivity index (χ4v) is 2.83. The Balaban J connectivity index is 1.78. The average molecular weight is 224 g/mol. The van der Waals surface area contributed by atoms with E-state index in [4.69, 9.17) is 0 Å². The molecule has 0 aromatic carbocycles. The Hall–Kier alpha value is -0.0800. The van der Waals surface area contributed by atoms with Crippen molar-refractivity contribution in [2.75, 3.05) is 13.1 Å². The van der Waals surface area contributed by atoms with Gasteiger partial charge >= 0.3 is 0 Å². The lowest BCUT2D eigenvalue weighted by Crippen LogP contribution is -2.53. The van der Waals surface area contributed by atoms with Crippen molar-refractivity contribution >= 4 is 0 Å². The first-order valence-corrected chi connectivity index (χ1v) is 7.02. The van der Waals surface area contributed by atoms with E-state index >= 15 is 0 Å². The molecule has 94 valence electrons. The van der Waals surface area contributed by atoms with Crippen molar-refractivity contribution in [2.24, 2.45) is 5.92 Å². The third-order valence-electron chi connectivity index (χ3n) is 4.08. The predicted molar refractivity (Wildman–Crippen MR) is 69.7 cm³/mol. The van der Waals surface area contributed by atoms with Crippen LogP contribution in [0, 0.1) is 5.92 Å². The molecule has 2 unspecified atom stereocenters. The van der Waals surface area contributed by atoms with Crippen LogP contribution >= 0.6 is 0 Å². The number of hydrogen-bond acceptors (Lipinski definition) is 2. The van der Waals surface area contributed by atoms with E-state index < -0.39 is 0 Å². The summed E-state index contributed by atoms with van der Waals surface area (Å²) in [6.07, 6.45) is 5.76. The molecule has 2 rings (SSSR count). The molecular formula is C14H28N2. The van der Waals surface area contributed by atoms with Crippen LogP contribution in [-0.2, 0) is 0 Å². The predicted octanol–water partition coefficient (Wildman–Crippen LogP) is 2.64. The Kier molecular flexibility index (Phi) is 3.60. The Morgan fingerprint density at radius 3 is 2.19 bits per heavy atom. The molecule has 2 atom stereocenters. The highest BCUT2D eigenvalue weighted by atomic mass is 15.2. The molecule has 0 saturated heterocycles. The Morgan fingerprint density at radius 2 is 1.81 bits per heavy atom. The van der Waals surface area contributed by atoms with E-state index in [-0.39, 0.29) is 5.54 Å². The van der Waals surface area contributed by atoms with Crippen LogP contribution in [0.1, 0.15) is 53.4 Å². The van der Waals surface area contributed by atoms with Crippen molar-refractivity contribution in [3.8, 4) is 0 Å². The van der Waals surface area contributed by atoms with Crippen LogP contribution in [0.5, 0.6) is 0 Å². The van der Waals surface area contributed by atoms with Crippen molar-refractivity contribution in [1.29, 1.82) is 0 Å². The minimum atomic E-state index is 0.275. The average Bonchev–Trinajstić information content (AvgIpc) is 2.93. The molecule has 16 heavy (non-hydrogen) atoms. The van der Waals surface area contributed by atoms with E-state index in [1.165, 1.54) is 38.8 Å². The minimum absolute atomic E-state index is 0.275. The number of rotatable bonds is 5. The molecule has 0 aliphatic heterocycles. The normalized spacial score (nSPS) is 30.6. The third kappa shape index (κ3) is 2.98. The zero-order valence-electron chi connectivity index (χ0n) is 11.4. The van der Waals surface area contributed by atoms with E-state index in [1.54, 1.807) is 0 Å². The van der Waals surface area contributed by atoms with Gasteiger partial charge in [-0.3, -0.25) is 4.90 Å². The van der Waals surface area contributed by atoms with Crippen LogP contribution in [0.4, 0.5) is 0 Å². The molecule has 0 aromatic rings.